The number of fused-ring (bicyclic) bond motifs is 7. The largest absolute Gasteiger partial charge is 0.393 e. The molecule has 0 spiro atoms. The van der Waals surface area contributed by atoms with Gasteiger partial charge in [0.05, 0.1) is 29.4 Å². The Kier molecular flexibility index (Phi) is 6.55. The number of ketones is 1. The summed E-state index contributed by atoms with van der Waals surface area (Å²) in [6, 6.07) is 12.1. The third-order valence-electron chi connectivity index (χ3n) is 11.9. The van der Waals surface area contributed by atoms with Gasteiger partial charge in [0.25, 0.3) is 0 Å². The van der Waals surface area contributed by atoms with Crippen molar-refractivity contribution in [1.29, 1.82) is 0 Å². The number of para-hydroxylation sites is 1. The molecule has 3 aromatic heterocycles. The minimum atomic E-state index is -1.45. The second-order valence-electron chi connectivity index (χ2n) is 14.0. The van der Waals surface area contributed by atoms with Crippen molar-refractivity contribution in [2.75, 3.05) is 5.75 Å². The van der Waals surface area contributed by atoms with Crippen molar-refractivity contribution in [3.05, 3.63) is 71.2 Å². The zero-order chi connectivity index (χ0) is 30.4. The van der Waals surface area contributed by atoms with E-state index in [9.17, 15) is 15.0 Å². The molecule has 0 saturated heterocycles. The number of pyridine rings is 1. The van der Waals surface area contributed by atoms with E-state index in [-0.39, 0.29) is 34.7 Å². The van der Waals surface area contributed by atoms with Crippen LogP contribution in [0.25, 0.3) is 22.1 Å². The van der Waals surface area contributed by atoms with Gasteiger partial charge >= 0.3 is 0 Å². The highest BCUT2D eigenvalue weighted by Gasteiger charge is 2.68. The maximum Gasteiger partial charge on any atom is 0.175 e. The van der Waals surface area contributed by atoms with Gasteiger partial charge in [-0.1, -0.05) is 60.7 Å². The summed E-state index contributed by atoms with van der Waals surface area (Å²) in [6.45, 7) is 6.54. The normalized spacial score (nSPS) is 34.2. The molecule has 5 unspecified atom stereocenters. The summed E-state index contributed by atoms with van der Waals surface area (Å²) in [4.78, 5) is 23.7. The Labute approximate surface area is 265 Å². The highest BCUT2D eigenvalue weighted by Crippen LogP contribution is 2.67. The van der Waals surface area contributed by atoms with E-state index in [0.29, 0.717) is 12.8 Å². The van der Waals surface area contributed by atoms with Crippen molar-refractivity contribution < 1.29 is 15.0 Å². The highest BCUT2D eigenvalue weighted by molar-refractivity contribution is 8.01. The Bertz CT molecular complexity index is 1800. The number of carbonyl (C=O) groups is 1. The van der Waals surface area contributed by atoms with Crippen LogP contribution in [0.2, 0.25) is 0 Å². The minimum absolute atomic E-state index is 0.0811. The molecule has 0 amide bonds. The molecule has 1 aromatic carbocycles. The molecule has 0 radical (unpaired) electrons. The number of aryl methyl sites for hydroxylation is 1. The van der Waals surface area contributed by atoms with E-state index in [1.54, 1.807) is 6.20 Å². The lowest BCUT2D eigenvalue weighted by Gasteiger charge is -2.60. The maximum atomic E-state index is 13.8. The predicted molar refractivity (Wildman–Crippen MR) is 174 cm³/mol. The van der Waals surface area contributed by atoms with Gasteiger partial charge in [0, 0.05) is 11.6 Å². The number of rotatable bonds is 5. The van der Waals surface area contributed by atoms with E-state index in [1.807, 2.05) is 18.3 Å². The molecule has 3 saturated carbocycles. The van der Waals surface area contributed by atoms with Crippen LogP contribution in [0, 0.1) is 35.5 Å². The Morgan fingerprint density at radius 1 is 1.18 bits per heavy atom. The Morgan fingerprint density at radius 3 is 2.84 bits per heavy atom. The number of benzene rings is 1. The fourth-order valence-electron chi connectivity index (χ4n) is 9.70. The molecule has 4 aromatic rings. The highest BCUT2D eigenvalue weighted by atomic mass is 32.2. The van der Waals surface area contributed by atoms with Crippen LogP contribution in [0.15, 0.2) is 58.7 Å². The fraction of sp³-hybridized carbons (Fsp3) is 0.486. The number of Topliss-reactive ketones (excluding diaryl/α,β-unsaturated/α-hetero) is 1. The van der Waals surface area contributed by atoms with Gasteiger partial charge in [-0.3, -0.25) is 4.79 Å². The van der Waals surface area contributed by atoms with Crippen LogP contribution < -0.4 is 0 Å². The molecule has 228 valence electrons. The van der Waals surface area contributed by atoms with Gasteiger partial charge in [0.2, 0.25) is 0 Å². The smallest absolute Gasteiger partial charge is 0.175 e. The molecule has 2 N–H and O–H groups in total. The monoisotopic (exact) mass is 626 g/mol. The van der Waals surface area contributed by atoms with Gasteiger partial charge in [-0.15, -0.1) is 0 Å². The van der Waals surface area contributed by atoms with Gasteiger partial charge in [0.15, 0.2) is 10.1 Å². The number of thiazole rings is 1. The van der Waals surface area contributed by atoms with Crippen LogP contribution in [-0.4, -0.2) is 53.2 Å². The predicted octanol–water partition coefficient (Wildman–Crippen LogP) is 6.43. The second-order valence-corrected chi connectivity index (χ2v) is 16.2. The molecule has 3 fully saturated rings. The van der Waals surface area contributed by atoms with Gasteiger partial charge < -0.3 is 10.2 Å². The van der Waals surface area contributed by atoms with E-state index >= 15 is 0 Å². The molecular weight excluding hydrogens is 589 g/mol. The molecule has 4 aliphatic rings. The van der Waals surface area contributed by atoms with E-state index in [2.05, 4.69) is 65.8 Å². The number of aromatic nitrogens is 4. The zero-order valence-corrected chi connectivity index (χ0v) is 27.0. The fourth-order valence-corrected chi connectivity index (χ4v) is 11.6. The summed E-state index contributed by atoms with van der Waals surface area (Å²) in [6.07, 6.45) is 9.99. The maximum absolute atomic E-state index is 13.8. The van der Waals surface area contributed by atoms with E-state index in [4.69, 9.17) is 5.10 Å². The summed E-state index contributed by atoms with van der Waals surface area (Å²) in [7, 11) is 0. The quantitative estimate of drug-likeness (QED) is 0.246. The van der Waals surface area contributed by atoms with Crippen molar-refractivity contribution in [1.82, 2.24) is 19.7 Å². The second kappa shape index (κ2) is 10.1. The number of nitrogens with zero attached hydrogens (tertiary/aromatic N) is 4. The Hall–Kier alpha value is -2.85. The van der Waals surface area contributed by atoms with Gasteiger partial charge in [-0.2, -0.15) is 5.10 Å². The number of allylic oxidation sites excluding steroid dienone is 1. The van der Waals surface area contributed by atoms with Crippen molar-refractivity contribution >= 4 is 45.3 Å². The first-order chi connectivity index (χ1) is 21.1. The van der Waals surface area contributed by atoms with Gasteiger partial charge in [0.1, 0.15) is 15.9 Å². The van der Waals surface area contributed by atoms with Crippen LogP contribution >= 0.6 is 23.1 Å². The molecule has 8 rings (SSSR count). The van der Waals surface area contributed by atoms with Crippen LogP contribution in [0.4, 0.5) is 0 Å². The summed E-state index contributed by atoms with van der Waals surface area (Å²) in [5.74, 6) is 0.553. The van der Waals surface area contributed by atoms with Crippen LogP contribution in [0.1, 0.15) is 62.8 Å². The molecule has 0 aliphatic heterocycles. The first kappa shape index (κ1) is 28.6. The number of hydrogen-bond donors (Lipinski definition) is 2. The molecule has 0 bridgehead atoms. The van der Waals surface area contributed by atoms with Crippen molar-refractivity contribution in [3.8, 4) is 5.69 Å². The van der Waals surface area contributed by atoms with E-state index in [1.165, 1.54) is 39.8 Å². The lowest BCUT2D eigenvalue weighted by molar-refractivity contribution is -0.177. The third-order valence-corrected chi connectivity index (χ3v) is 14.0. The molecule has 7 atom stereocenters. The van der Waals surface area contributed by atoms with Crippen LogP contribution in [0.5, 0.6) is 0 Å². The van der Waals surface area contributed by atoms with Crippen LogP contribution in [0.3, 0.4) is 0 Å². The van der Waals surface area contributed by atoms with Crippen molar-refractivity contribution in [3.63, 3.8) is 0 Å². The Morgan fingerprint density at radius 2 is 2.02 bits per heavy atom. The lowest BCUT2D eigenvalue weighted by atomic mass is 9.45. The minimum Gasteiger partial charge on any atom is -0.393 e. The number of aliphatic hydroxyl groups excluding tert-OH is 1. The summed E-state index contributed by atoms with van der Waals surface area (Å²) >= 11 is 2.87. The first-order valence-electron chi connectivity index (χ1n) is 15.7. The van der Waals surface area contributed by atoms with E-state index in [0.717, 1.165) is 51.8 Å². The average Bonchev–Trinajstić information content (AvgIpc) is 3.68. The Balaban J connectivity index is 1.06. The number of hydrogen-bond acceptors (Lipinski definition) is 8. The van der Waals surface area contributed by atoms with Crippen LogP contribution in [-0.2, 0) is 11.2 Å². The number of carbonyl (C=O) groups excluding carboxylic acids is 1. The van der Waals surface area contributed by atoms with Gasteiger partial charge in [-0.05, 0) is 104 Å². The number of aliphatic hydroxyl groups is 2. The molecule has 7 nitrogen and oxygen atoms in total. The van der Waals surface area contributed by atoms with Gasteiger partial charge in [-0.25, -0.2) is 14.6 Å². The molecule has 4 aliphatic carbocycles. The summed E-state index contributed by atoms with van der Waals surface area (Å²) < 4.78 is 2.87. The topological polar surface area (TPSA) is 101 Å². The number of thioether (sulfide) groups is 1. The molecular formula is C35H38N4O3S2. The summed E-state index contributed by atoms with van der Waals surface area (Å²) in [5.41, 5.74) is 4.61. The van der Waals surface area contributed by atoms with E-state index < -0.39 is 17.1 Å². The molecule has 3 heterocycles. The van der Waals surface area contributed by atoms with Crippen molar-refractivity contribution in [2.24, 2.45) is 28.6 Å². The zero-order valence-electron chi connectivity index (χ0n) is 25.4. The van der Waals surface area contributed by atoms with Crippen molar-refractivity contribution in [2.45, 2.75) is 75.3 Å². The standard InChI is InChI=1S/C35H38N4O3S2/c1-20-7-4-5-9-26(20)39-27-15-22-10-11-23-24-12-13-35(42,29(41)19-43-32-38-25-8-6-14-36-31(25)44-32)34(24,3)17-28(40)30(23)33(22,2)16-21(27)18-37-39/h4-9,14-15,18,23-24,28,30,40,42H,10-13,16-17,19H2,1-3H3/t23?,24?,28-,30?,33?,34?,35-/m0/s1. The first-order valence-corrected chi connectivity index (χ1v) is 17.5. The molecule has 44 heavy (non-hydrogen) atoms. The average molecular weight is 627 g/mol. The molecule has 9 heteroatoms. The third kappa shape index (κ3) is 4.01. The summed E-state index contributed by atoms with van der Waals surface area (Å²) in [5, 5.41) is 29.0. The lowest BCUT2D eigenvalue weighted by Crippen LogP contribution is -2.62. The SMILES string of the molecule is Cc1ccccc1-n1ncc2c1C=C1CCC3C([C@@H](O)CC4(C)C3CC[C@]4(O)C(=O)CSc3nc4cccnc4s3)C1(C)C2.